The van der Waals surface area contributed by atoms with E-state index in [0.29, 0.717) is 11.9 Å². The van der Waals surface area contributed by atoms with Gasteiger partial charge in [-0.2, -0.15) is 15.0 Å². The molecule has 0 atom stereocenters. The molecule has 1 aromatic heterocycles. The molecule has 2 aliphatic heterocycles. The number of piperazine rings is 2. The Morgan fingerprint density at radius 1 is 0.576 bits per heavy atom. The highest BCUT2D eigenvalue weighted by molar-refractivity contribution is 6.28. The van der Waals surface area contributed by atoms with E-state index in [1.54, 1.807) is 0 Å². The van der Waals surface area contributed by atoms with Crippen molar-refractivity contribution in [3.8, 4) is 0 Å². The van der Waals surface area contributed by atoms with E-state index in [1.165, 1.54) is 22.5 Å². The van der Waals surface area contributed by atoms with Gasteiger partial charge in [0.1, 0.15) is 0 Å². The van der Waals surface area contributed by atoms with Crippen molar-refractivity contribution in [2.24, 2.45) is 0 Å². The molecule has 3 aromatic rings. The third-order valence-corrected chi connectivity index (χ3v) is 6.61. The second-order valence-electron chi connectivity index (χ2n) is 8.83. The molecule has 2 aliphatic rings. The Morgan fingerprint density at radius 3 is 1.36 bits per heavy atom. The Bertz CT molecular complexity index is 1020. The molecule has 0 amide bonds. The second-order valence-corrected chi connectivity index (χ2v) is 9.17. The third kappa shape index (κ3) is 4.98. The molecule has 33 heavy (non-hydrogen) atoms. The second kappa shape index (κ2) is 9.43. The maximum Gasteiger partial charge on any atom is 0.231 e. The molecule has 2 aromatic carbocycles. The molecule has 0 saturated carbocycles. The van der Waals surface area contributed by atoms with E-state index >= 15 is 0 Å². The first kappa shape index (κ1) is 21.8. The van der Waals surface area contributed by atoms with Crippen molar-refractivity contribution in [1.29, 1.82) is 0 Å². The van der Waals surface area contributed by atoms with Crippen LogP contribution in [0.2, 0.25) is 5.28 Å². The molecule has 3 heterocycles. The van der Waals surface area contributed by atoms with Crippen molar-refractivity contribution in [1.82, 2.24) is 15.0 Å². The van der Waals surface area contributed by atoms with E-state index in [2.05, 4.69) is 91.9 Å². The number of hydrogen-bond acceptors (Lipinski definition) is 7. The van der Waals surface area contributed by atoms with Crippen LogP contribution in [0.1, 0.15) is 11.1 Å². The average molecular weight is 464 g/mol. The topological polar surface area (TPSA) is 51.6 Å². The van der Waals surface area contributed by atoms with Gasteiger partial charge in [0.05, 0.1) is 0 Å². The molecule has 0 bridgehead atoms. The van der Waals surface area contributed by atoms with E-state index in [4.69, 9.17) is 16.6 Å². The summed E-state index contributed by atoms with van der Waals surface area (Å²) in [6.45, 7) is 11.4. The zero-order valence-electron chi connectivity index (χ0n) is 19.3. The Hall–Kier alpha value is -3.06. The molecule has 2 fully saturated rings. The van der Waals surface area contributed by atoms with Gasteiger partial charge in [0.15, 0.2) is 0 Å². The summed E-state index contributed by atoms with van der Waals surface area (Å²) in [5.41, 5.74) is 5.11. The van der Waals surface area contributed by atoms with E-state index < -0.39 is 0 Å². The molecule has 5 rings (SSSR count). The lowest BCUT2D eigenvalue weighted by atomic mass is 10.2. The number of nitrogens with zero attached hydrogens (tertiary/aromatic N) is 7. The van der Waals surface area contributed by atoms with Crippen LogP contribution in [0.15, 0.2) is 48.5 Å². The number of hydrogen-bond donors (Lipinski definition) is 0. The lowest BCUT2D eigenvalue weighted by Crippen LogP contribution is -2.48. The van der Waals surface area contributed by atoms with Gasteiger partial charge < -0.3 is 19.6 Å². The smallest absolute Gasteiger partial charge is 0.231 e. The highest BCUT2D eigenvalue weighted by atomic mass is 35.5. The number of benzene rings is 2. The summed E-state index contributed by atoms with van der Waals surface area (Å²) in [6.07, 6.45) is 0. The Labute approximate surface area is 200 Å². The van der Waals surface area contributed by atoms with Gasteiger partial charge >= 0.3 is 0 Å². The van der Waals surface area contributed by atoms with E-state index in [0.717, 1.165) is 52.4 Å². The van der Waals surface area contributed by atoms with Crippen molar-refractivity contribution in [2.75, 3.05) is 72.0 Å². The van der Waals surface area contributed by atoms with Crippen molar-refractivity contribution >= 4 is 34.9 Å². The Kier molecular flexibility index (Phi) is 6.22. The molecule has 0 spiro atoms. The highest BCUT2D eigenvalue weighted by Crippen LogP contribution is 2.23. The normalized spacial score (nSPS) is 16.9. The zero-order chi connectivity index (χ0) is 22.8. The summed E-state index contributed by atoms with van der Waals surface area (Å²) < 4.78 is 0. The van der Waals surface area contributed by atoms with Gasteiger partial charge in [-0.25, -0.2) is 0 Å². The molecule has 0 unspecified atom stereocenters. The summed E-state index contributed by atoms with van der Waals surface area (Å²) in [6, 6.07) is 17.3. The fraction of sp³-hybridized carbons (Fsp3) is 0.400. The molecule has 172 valence electrons. The average Bonchev–Trinajstić information content (AvgIpc) is 2.84. The first-order valence-electron chi connectivity index (χ1n) is 11.6. The van der Waals surface area contributed by atoms with Gasteiger partial charge in [-0.15, -0.1) is 0 Å². The SMILES string of the molecule is Cc1cccc(N2CCN(c3nc(Cl)nc(N4CCN(c5cccc(C)c5)CC4)n3)CC2)c1. The van der Waals surface area contributed by atoms with Crippen molar-refractivity contribution < 1.29 is 0 Å². The van der Waals surface area contributed by atoms with Crippen LogP contribution in [0, 0.1) is 13.8 Å². The van der Waals surface area contributed by atoms with Crippen LogP contribution in [0.4, 0.5) is 23.3 Å². The van der Waals surface area contributed by atoms with Crippen LogP contribution in [0.25, 0.3) is 0 Å². The summed E-state index contributed by atoms with van der Waals surface area (Å²) in [5.74, 6) is 1.35. The molecule has 0 N–H and O–H groups in total. The van der Waals surface area contributed by atoms with Gasteiger partial charge in [-0.1, -0.05) is 24.3 Å². The summed E-state index contributed by atoms with van der Waals surface area (Å²) in [5, 5.41) is 0.261. The minimum absolute atomic E-state index is 0.261. The minimum Gasteiger partial charge on any atom is -0.368 e. The zero-order valence-corrected chi connectivity index (χ0v) is 20.0. The van der Waals surface area contributed by atoms with Crippen molar-refractivity contribution in [3.05, 3.63) is 64.9 Å². The van der Waals surface area contributed by atoms with E-state index in [9.17, 15) is 0 Å². The fourth-order valence-corrected chi connectivity index (χ4v) is 4.74. The van der Waals surface area contributed by atoms with Gasteiger partial charge in [-0.3, -0.25) is 0 Å². The minimum atomic E-state index is 0.261. The largest absolute Gasteiger partial charge is 0.368 e. The number of aryl methyl sites for hydroxylation is 2. The third-order valence-electron chi connectivity index (χ3n) is 6.44. The predicted octanol–water partition coefficient (Wildman–Crippen LogP) is 3.80. The van der Waals surface area contributed by atoms with Crippen molar-refractivity contribution in [3.63, 3.8) is 0 Å². The van der Waals surface area contributed by atoms with Crippen LogP contribution >= 0.6 is 11.6 Å². The lowest BCUT2D eigenvalue weighted by molar-refractivity contribution is 0.623. The molecule has 2 saturated heterocycles. The fourth-order valence-electron chi connectivity index (χ4n) is 4.59. The number of rotatable bonds is 4. The standard InChI is InChI=1S/C25H30ClN7/c1-19-5-3-7-21(17-19)30-9-13-32(14-10-30)24-27-23(26)28-25(29-24)33-15-11-31(12-16-33)22-8-4-6-20(2)18-22/h3-8,17-18H,9-16H2,1-2H3. The van der Waals surface area contributed by atoms with Gasteiger partial charge in [0.2, 0.25) is 17.2 Å². The van der Waals surface area contributed by atoms with Gasteiger partial charge in [0, 0.05) is 63.7 Å². The van der Waals surface area contributed by atoms with Crippen LogP contribution in [0.5, 0.6) is 0 Å². The van der Waals surface area contributed by atoms with Crippen LogP contribution in [-0.4, -0.2) is 67.3 Å². The first-order valence-corrected chi connectivity index (χ1v) is 12.0. The summed E-state index contributed by atoms with van der Waals surface area (Å²) in [4.78, 5) is 23.0. The van der Waals surface area contributed by atoms with Crippen LogP contribution < -0.4 is 19.6 Å². The number of anilines is 4. The monoisotopic (exact) mass is 463 g/mol. The molecular formula is C25H30ClN7. The summed E-state index contributed by atoms with van der Waals surface area (Å²) >= 11 is 6.34. The van der Waals surface area contributed by atoms with E-state index in [-0.39, 0.29) is 5.28 Å². The van der Waals surface area contributed by atoms with Crippen LogP contribution in [-0.2, 0) is 0 Å². The van der Waals surface area contributed by atoms with Crippen LogP contribution in [0.3, 0.4) is 0 Å². The molecular weight excluding hydrogens is 434 g/mol. The summed E-state index contributed by atoms with van der Waals surface area (Å²) in [7, 11) is 0. The number of halogens is 1. The molecule has 8 heteroatoms. The van der Waals surface area contributed by atoms with Gasteiger partial charge in [-0.05, 0) is 60.8 Å². The predicted molar refractivity (Wildman–Crippen MR) is 136 cm³/mol. The molecule has 7 nitrogen and oxygen atoms in total. The molecule has 0 radical (unpaired) electrons. The lowest BCUT2D eigenvalue weighted by Gasteiger charge is -2.38. The number of aromatic nitrogens is 3. The quantitative estimate of drug-likeness (QED) is 0.583. The van der Waals surface area contributed by atoms with Crippen molar-refractivity contribution in [2.45, 2.75) is 13.8 Å². The molecule has 0 aliphatic carbocycles. The maximum atomic E-state index is 6.34. The highest BCUT2D eigenvalue weighted by Gasteiger charge is 2.24. The Morgan fingerprint density at radius 2 is 0.970 bits per heavy atom. The maximum absolute atomic E-state index is 6.34. The van der Waals surface area contributed by atoms with E-state index in [1.807, 2.05) is 0 Å². The first-order chi connectivity index (χ1) is 16.0. The Balaban J connectivity index is 1.24. The van der Waals surface area contributed by atoms with Gasteiger partial charge in [0.25, 0.3) is 0 Å².